The van der Waals surface area contributed by atoms with E-state index >= 15 is 0 Å². The first kappa shape index (κ1) is 25.2. The molecule has 31 heavy (non-hydrogen) atoms. The minimum atomic E-state index is -2.49. The summed E-state index contributed by atoms with van der Waals surface area (Å²) in [4.78, 5) is 6.73. The third kappa shape index (κ3) is 7.83. The minimum absolute atomic E-state index is 0. The van der Waals surface area contributed by atoms with E-state index in [1.54, 1.807) is 25.2 Å². The molecule has 1 atom stereocenters. The zero-order valence-electron chi connectivity index (χ0n) is 18.0. The van der Waals surface area contributed by atoms with Gasteiger partial charge >= 0.3 is 0 Å². The van der Waals surface area contributed by atoms with Crippen molar-refractivity contribution in [2.45, 2.75) is 38.8 Å². The summed E-state index contributed by atoms with van der Waals surface area (Å²) < 4.78 is 29.8. The Balaban J connectivity index is 0.00000341. The summed E-state index contributed by atoms with van der Waals surface area (Å²) in [6, 6.07) is 15.8. The van der Waals surface area contributed by atoms with Crippen LogP contribution in [0.15, 0.2) is 53.5 Å². The fourth-order valence-corrected chi connectivity index (χ4v) is 3.54. The summed E-state index contributed by atoms with van der Waals surface area (Å²) in [5.41, 5.74) is 3.39. The van der Waals surface area contributed by atoms with Crippen molar-refractivity contribution in [2.24, 2.45) is 4.99 Å². The number of nitrogens with zero attached hydrogens (tertiary/aromatic N) is 2. The Morgan fingerprint density at radius 1 is 1.13 bits per heavy atom. The topological polar surface area (TPSA) is 48.9 Å². The number of aliphatic imine (C=N–C) groups is 1. The van der Waals surface area contributed by atoms with E-state index in [0.29, 0.717) is 18.3 Å². The zero-order valence-corrected chi connectivity index (χ0v) is 20.3. The molecule has 1 aliphatic heterocycles. The van der Waals surface area contributed by atoms with Crippen LogP contribution in [0.25, 0.3) is 0 Å². The molecule has 5 nitrogen and oxygen atoms in total. The number of ether oxygens (including phenoxy) is 1. The highest BCUT2D eigenvalue weighted by molar-refractivity contribution is 14.0. The number of hydrogen-bond donors (Lipinski definition) is 2. The number of anilines is 1. The fourth-order valence-electron chi connectivity index (χ4n) is 3.54. The number of nitrogens with one attached hydrogen (secondary N) is 2. The Kier molecular flexibility index (Phi) is 10.3. The minimum Gasteiger partial charge on any atom is -0.488 e. The van der Waals surface area contributed by atoms with Crippen LogP contribution in [0.3, 0.4) is 0 Å². The molecular weight excluding hydrogens is 513 g/mol. The van der Waals surface area contributed by atoms with Gasteiger partial charge in [0.15, 0.2) is 5.96 Å². The van der Waals surface area contributed by atoms with Crippen molar-refractivity contribution < 1.29 is 13.5 Å². The smallest absolute Gasteiger partial charge is 0.272 e. The SMILES string of the molecule is CN=C(NCc1cccc(OCC(F)F)c1)NC(C)c1cccc(N2CCCC2)c1.I. The molecule has 0 spiro atoms. The molecule has 3 rings (SSSR count). The molecule has 1 heterocycles. The third-order valence-corrected chi connectivity index (χ3v) is 5.15. The maximum atomic E-state index is 12.3. The van der Waals surface area contributed by atoms with Gasteiger partial charge in [0, 0.05) is 32.4 Å². The van der Waals surface area contributed by atoms with Gasteiger partial charge in [0.25, 0.3) is 6.43 Å². The van der Waals surface area contributed by atoms with Gasteiger partial charge in [-0.25, -0.2) is 8.78 Å². The van der Waals surface area contributed by atoms with Crippen LogP contribution in [0.1, 0.15) is 36.9 Å². The molecule has 0 amide bonds. The maximum absolute atomic E-state index is 12.3. The standard InChI is InChI=1S/C23H30F2N4O.HI/c1-17(19-8-6-9-20(14-19)29-11-3-4-12-29)28-23(26-2)27-15-18-7-5-10-21(13-18)30-16-22(24)25;/h5-10,13-14,17,22H,3-4,11-12,15-16H2,1-2H3,(H2,26,27,28);1H. The molecule has 0 aliphatic carbocycles. The first-order valence-electron chi connectivity index (χ1n) is 10.4. The van der Waals surface area contributed by atoms with E-state index in [-0.39, 0.29) is 30.0 Å². The van der Waals surface area contributed by atoms with Crippen LogP contribution in [0.5, 0.6) is 5.75 Å². The largest absolute Gasteiger partial charge is 0.488 e. The van der Waals surface area contributed by atoms with Crippen molar-refractivity contribution >= 4 is 35.6 Å². The lowest BCUT2D eigenvalue weighted by Crippen LogP contribution is -2.38. The van der Waals surface area contributed by atoms with Gasteiger partial charge in [0.2, 0.25) is 0 Å². The van der Waals surface area contributed by atoms with Crippen molar-refractivity contribution in [3.63, 3.8) is 0 Å². The quantitative estimate of drug-likeness (QED) is 0.280. The molecule has 1 saturated heterocycles. The molecule has 170 valence electrons. The molecule has 2 aromatic carbocycles. The fraction of sp³-hybridized carbons (Fsp3) is 0.435. The number of rotatable bonds is 8. The second kappa shape index (κ2) is 12.7. The van der Waals surface area contributed by atoms with Crippen LogP contribution in [0.4, 0.5) is 14.5 Å². The Morgan fingerprint density at radius 2 is 1.87 bits per heavy atom. The van der Waals surface area contributed by atoms with Crippen LogP contribution >= 0.6 is 24.0 Å². The number of alkyl halides is 2. The number of hydrogen-bond acceptors (Lipinski definition) is 3. The lowest BCUT2D eigenvalue weighted by Gasteiger charge is -2.22. The van der Waals surface area contributed by atoms with E-state index in [0.717, 1.165) is 18.7 Å². The second-order valence-corrected chi connectivity index (χ2v) is 7.43. The molecule has 0 radical (unpaired) electrons. The first-order chi connectivity index (χ1) is 14.5. The summed E-state index contributed by atoms with van der Waals surface area (Å²) in [5, 5.41) is 6.69. The second-order valence-electron chi connectivity index (χ2n) is 7.43. The van der Waals surface area contributed by atoms with Crippen molar-refractivity contribution in [3.05, 3.63) is 59.7 Å². The van der Waals surface area contributed by atoms with Crippen LogP contribution < -0.4 is 20.3 Å². The lowest BCUT2D eigenvalue weighted by molar-refractivity contribution is 0.0818. The molecule has 0 aromatic heterocycles. The van der Waals surface area contributed by atoms with Crippen LogP contribution in [0.2, 0.25) is 0 Å². The summed E-state index contributed by atoms with van der Waals surface area (Å²) in [6.07, 6.45) is 0.0200. The number of halogens is 3. The van der Waals surface area contributed by atoms with Gasteiger partial charge < -0.3 is 20.3 Å². The molecule has 8 heteroatoms. The van der Waals surface area contributed by atoms with Gasteiger partial charge in [-0.15, -0.1) is 24.0 Å². The zero-order chi connectivity index (χ0) is 21.3. The van der Waals surface area contributed by atoms with Crippen molar-refractivity contribution in [1.29, 1.82) is 0 Å². The highest BCUT2D eigenvalue weighted by Gasteiger charge is 2.14. The normalized spacial score (nSPS) is 14.9. The summed E-state index contributed by atoms with van der Waals surface area (Å²) in [6.45, 7) is 4.25. The molecule has 1 aliphatic rings. The monoisotopic (exact) mass is 544 g/mol. The molecule has 0 saturated carbocycles. The van der Waals surface area contributed by atoms with E-state index in [1.165, 1.54) is 24.1 Å². The average molecular weight is 544 g/mol. The van der Waals surface area contributed by atoms with E-state index in [2.05, 4.69) is 51.7 Å². The lowest BCUT2D eigenvalue weighted by atomic mass is 10.1. The molecule has 1 fully saturated rings. The maximum Gasteiger partial charge on any atom is 0.272 e. The van der Waals surface area contributed by atoms with Gasteiger partial charge in [-0.2, -0.15) is 0 Å². The summed E-state index contributed by atoms with van der Waals surface area (Å²) in [5.74, 6) is 1.11. The Bertz CT molecular complexity index is 844. The van der Waals surface area contributed by atoms with Crippen LogP contribution in [-0.2, 0) is 6.54 Å². The van der Waals surface area contributed by atoms with E-state index in [9.17, 15) is 8.78 Å². The van der Waals surface area contributed by atoms with Crippen molar-refractivity contribution in [3.8, 4) is 5.75 Å². The van der Waals surface area contributed by atoms with E-state index < -0.39 is 13.0 Å². The van der Waals surface area contributed by atoms with Gasteiger partial charge in [0.05, 0.1) is 6.04 Å². The molecule has 0 bridgehead atoms. The van der Waals surface area contributed by atoms with Crippen LogP contribution in [-0.4, -0.2) is 39.1 Å². The third-order valence-electron chi connectivity index (χ3n) is 5.15. The Morgan fingerprint density at radius 3 is 2.58 bits per heavy atom. The summed E-state index contributed by atoms with van der Waals surface area (Å²) >= 11 is 0. The van der Waals surface area contributed by atoms with Gasteiger partial charge in [-0.1, -0.05) is 24.3 Å². The van der Waals surface area contributed by atoms with E-state index in [1.807, 2.05) is 6.07 Å². The van der Waals surface area contributed by atoms with Gasteiger partial charge in [-0.3, -0.25) is 4.99 Å². The van der Waals surface area contributed by atoms with Gasteiger partial charge in [0.1, 0.15) is 12.4 Å². The molecule has 2 aromatic rings. The molecular formula is C23H31F2IN4O. The predicted octanol–water partition coefficient (Wildman–Crippen LogP) is 4.97. The Labute approximate surface area is 200 Å². The predicted molar refractivity (Wildman–Crippen MR) is 133 cm³/mol. The van der Waals surface area contributed by atoms with Gasteiger partial charge in [-0.05, 0) is 55.2 Å². The molecule has 1 unspecified atom stereocenters. The summed E-state index contributed by atoms with van der Waals surface area (Å²) in [7, 11) is 1.73. The molecule has 2 N–H and O–H groups in total. The Hall–Kier alpha value is -2.10. The first-order valence-corrected chi connectivity index (χ1v) is 10.4. The van der Waals surface area contributed by atoms with Crippen molar-refractivity contribution in [1.82, 2.24) is 10.6 Å². The number of benzene rings is 2. The van der Waals surface area contributed by atoms with Crippen LogP contribution in [0, 0.1) is 0 Å². The highest BCUT2D eigenvalue weighted by Crippen LogP contribution is 2.24. The average Bonchev–Trinajstić information content (AvgIpc) is 3.30. The van der Waals surface area contributed by atoms with Crippen molar-refractivity contribution in [2.75, 3.05) is 31.6 Å². The number of guanidine groups is 1. The van der Waals surface area contributed by atoms with E-state index in [4.69, 9.17) is 4.74 Å². The highest BCUT2D eigenvalue weighted by atomic mass is 127.